The van der Waals surface area contributed by atoms with E-state index in [2.05, 4.69) is 39.4 Å². The summed E-state index contributed by atoms with van der Waals surface area (Å²) in [5.74, 6) is 0. The molecule has 0 aromatic carbocycles. The fourth-order valence-corrected chi connectivity index (χ4v) is 1.37. The normalized spacial score (nSPS) is 14.3. The van der Waals surface area contributed by atoms with Crippen molar-refractivity contribution in [2.45, 2.75) is 22.8 Å². The summed E-state index contributed by atoms with van der Waals surface area (Å²) >= 11 is 5.89. The van der Waals surface area contributed by atoms with Crippen molar-refractivity contribution >= 4 is 39.3 Å². The second kappa shape index (κ2) is 3.71. The Morgan fingerprint density at radius 1 is 1.14 bits per heavy atom. The van der Waals surface area contributed by atoms with Gasteiger partial charge in [-0.05, 0) is 0 Å². The molecule has 3 heteroatoms. The molecule has 0 bridgehead atoms. The molecule has 46 valence electrons. The first-order valence-corrected chi connectivity index (χ1v) is 16.0. The van der Waals surface area contributed by atoms with Crippen LogP contribution in [-0.2, 0) is 0 Å². The van der Waals surface area contributed by atoms with Crippen molar-refractivity contribution in [2.75, 3.05) is 0 Å². The third-order valence-electron chi connectivity index (χ3n) is 0.845. The molecule has 0 aromatic rings. The van der Waals surface area contributed by atoms with Crippen LogP contribution < -0.4 is 0 Å². The summed E-state index contributed by atoms with van der Waals surface area (Å²) in [6.45, 7) is 4.46. The Hall–Kier alpha value is 1.75. The molecule has 0 radical (unpaired) electrons. The van der Waals surface area contributed by atoms with Gasteiger partial charge in [0.15, 0.2) is 0 Å². The van der Waals surface area contributed by atoms with E-state index in [1.165, 1.54) is 8.94 Å². The third kappa shape index (κ3) is 4.27. The van der Waals surface area contributed by atoms with Crippen LogP contribution >= 0.6 is 25.5 Å². The van der Waals surface area contributed by atoms with E-state index < -0.39 is 13.8 Å². The molecule has 0 spiro atoms. The molecule has 0 N–H and O–H groups in total. The van der Waals surface area contributed by atoms with Gasteiger partial charge in [-0.15, -0.1) is 0 Å². The summed E-state index contributed by atoms with van der Waals surface area (Å²) in [5, 5.41) is 0. The first-order valence-electron chi connectivity index (χ1n) is 2.30. The Labute approximate surface area is 61.5 Å². The quantitative estimate of drug-likeness (QED) is 0.674. The molecule has 0 aliphatic heterocycles. The zero-order valence-corrected chi connectivity index (χ0v) is 10.1. The molecule has 0 saturated carbocycles. The molecule has 0 rings (SSSR count). The third-order valence-corrected chi connectivity index (χ3v) is 18.0. The van der Waals surface area contributed by atoms with Gasteiger partial charge < -0.3 is 0 Å². The molecule has 0 aromatic heterocycles. The van der Waals surface area contributed by atoms with Crippen LogP contribution in [0, 0.1) is 0 Å². The molecule has 0 atom stereocenters. The second-order valence-electron chi connectivity index (χ2n) is 1.28. The number of halogens is 2. The molecule has 0 aliphatic carbocycles. The van der Waals surface area contributed by atoms with Crippen LogP contribution in [0.2, 0.25) is 8.94 Å². The first-order chi connectivity index (χ1) is 3.12. The fourth-order valence-electron chi connectivity index (χ4n) is 0.204. The topological polar surface area (TPSA) is 0 Å². The van der Waals surface area contributed by atoms with E-state index in [1.807, 2.05) is 0 Å². The Morgan fingerprint density at radius 2 is 1.43 bits per heavy atom. The standard InChI is InChI=1S/C4H10Br2Te/c1-3-7(5,6)4-2/h3-4H2,1-2H3. The van der Waals surface area contributed by atoms with Gasteiger partial charge in [-0.25, -0.2) is 0 Å². The summed E-state index contributed by atoms with van der Waals surface area (Å²) < 4.78 is 2.64. The van der Waals surface area contributed by atoms with Crippen molar-refractivity contribution in [1.29, 1.82) is 0 Å². The number of rotatable bonds is 2. The molecule has 7 heavy (non-hydrogen) atoms. The molecular formula is C4H10Br2Te. The van der Waals surface area contributed by atoms with Crippen LogP contribution in [-0.4, -0.2) is 13.8 Å². The summed E-state index contributed by atoms with van der Waals surface area (Å²) in [6, 6.07) is 0. The van der Waals surface area contributed by atoms with Gasteiger partial charge >= 0.3 is 62.1 Å². The predicted molar refractivity (Wildman–Crippen MR) is 44.6 cm³/mol. The van der Waals surface area contributed by atoms with E-state index in [-0.39, 0.29) is 0 Å². The Bertz CT molecular complexity index is 47.7. The zero-order valence-electron chi connectivity index (χ0n) is 4.58. The molecule has 0 unspecified atom stereocenters. The molecule has 0 amide bonds. The fraction of sp³-hybridized carbons (Fsp3) is 1.00. The van der Waals surface area contributed by atoms with E-state index in [1.54, 1.807) is 0 Å². The second-order valence-corrected chi connectivity index (χ2v) is 31.0. The van der Waals surface area contributed by atoms with Crippen molar-refractivity contribution in [3.05, 3.63) is 0 Å². The predicted octanol–water partition coefficient (Wildman–Crippen LogP) is 3.26. The van der Waals surface area contributed by atoms with Gasteiger partial charge in [-0.3, -0.25) is 0 Å². The van der Waals surface area contributed by atoms with E-state index in [9.17, 15) is 0 Å². The van der Waals surface area contributed by atoms with Crippen LogP contribution in [0.1, 0.15) is 13.8 Å². The van der Waals surface area contributed by atoms with Crippen molar-refractivity contribution in [3.8, 4) is 0 Å². The summed E-state index contributed by atoms with van der Waals surface area (Å²) in [5.41, 5.74) is 0. The summed E-state index contributed by atoms with van der Waals surface area (Å²) in [4.78, 5) is 0. The van der Waals surface area contributed by atoms with E-state index >= 15 is 0 Å². The van der Waals surface area contributed by atoms with Gasteiger partial charge in [0.05, 0.1) is 0 Å². The van der Waals surface area contributed by atoms with Crippen LogP contribution in [0.3, 0.4) is 0 Å². The minimum absolute atomic E-state index is 1.32. The van der Waals surface area contributed by atoms with Crippen molar-refractivity contribution in [1.82, 2.24) is 0 Å². The molecular weight excluding hydrogens is 335 g/mol. The molecule has 0 saturated heterocycles. The van der Waals surface area contributed by atoms with Crippen molar-refractivity contribution < 1.29 is 0 Å². The molecule has 0 heterocycles. The SMILES string of the molecule is CC[Te](Br)(Br)CC. The van der Waals surface area contributed by atoms with Crippen LogP contribution in [0.25, 0.3) is 0 Å². The summed E-state index contributed by atoms with van der Waals surface area (Å²) in [6.07, 6.45) is 0. The maximum absolute atomic E-state index is 3.69. The maximum atomic E-state index is 3.69. The van der Waals surface area contributed by atoms with Gasteiger partial charge in [-0.2, -0.15) is 0 Å². The average molecular weight is 346 g/mol. The Morgan fingerprint density at radius 3 is 1.43 bits per heavy atom. The van der Waals surface area contributed by atoms with E-state index in [0.29, 0.717) is 0 Å². The monoisotopic (exact) mass is 346 g/mol. The van der Waals surface area contributed by atoms with Gasteiger partial charge in [-0.1, -0.05) is 0 Å². The van der Waals surface area contributed by atoms with E-state index in [4.69, 9.17) is 0 Å². The summed E-state index contributed by atoms with van der Waals surface area (Å²) in [7, 11) is 0. The average Bonchev–Trinajstić information content (AvgIpc) is 1.68. The number of hydrogen-bond donors (Lipinski definition) is 0. The van der Waals surface area contributed by atoms with Gasteiger partial charge in [0.25, 0.3) is 0 Å². The Kier molecular flexibility index (Phi) is 4.64. The van der Waals surface area contributed by atoms with Gasteiger partial charge in [0, 0.05) is 0 Å². The van der Waals surface area contributed by atoms with Crippen LogP contribution in [0.4, 0.5) is 0 Å². The van der Waals surface area contributed by atoms with Crippen molar-refractivity contribution in [3.63, 3.8) is 0 Å². The minimum atomic E-state index is -1.48. The van der Waals surface area contributed by atoms with Crippen LogP contribution in [0.5, 0.6) is 0 Å². The first kappa shape index (κ1) is 8.75. The number of hydrogen-bond acceptors (Lipinski definition) is 0. The van der Waals surface area contributed by atoms with Crippen molar-refractivity contribution in [2.24, 2.45) is 0 Å². The molecule has 0 aliphatic rings. The van der Waals surface area contributed by atoms with Gasteiger partial charge in [0.1, 0.15) is 0 Å². The zero-order chi connectivity index (χ0) is 5.91. The Balaban J connectivity index is 3.36. The molecule has 0 fully saturated rings. The van der Waals surface area contributed by atoms with E-state index in [0.717, 1.165) is 0 Å². The van der Waals surface area contributed by atoms with Crippen LogP contribution in [0.15, 0.2) is 0 Å². The van der Waals surface area contributed by atoms with Gasteiger partial charge in [0.2, 0.25) is 0 Å². The molecule has 0 nitrogen and oxygen atoms in total.